The summed E-state index contributed by atoms with van der Waals surface area (Å²) in [4.78, 5) is 4.22. The molecule has 24 heavy (non-hydrogen) atoms. The highest BCUT2D eigenvalue weighted by Crippen LogP contribution is 2.34. The molecule has 0 atom stereocenters. The Bertz CT molecular complexity index is 528. The second-order valence-corrected chi connectivity index (χ2v) is 5.82. The van der Waals surface area contributed by atoms with Crippen molar-refractivity contribution in [2.24, 2.45) is 4.99 Å². The first kappa shape index (κ1) is 18.4. The molecule has 1 aliphatic carbocycles. The number of guanidine groups is 1. The van der Waals surface area contributed by atoms with Crippen LogP contribution in [0.2, 0.25) is 0 Å². The quantitative estimate of drug-likeness (QED) is 0.434. The minimum Gasteiger partial charge on any atom is -0.493 e. The molecule has 0 heterocycles. The van der Waals surface area contributed by atoms with Gasteiger partial charge in [-0.1, -0.05) is 12.1 Å². The maximum absolute atomic E-state index is 6.25. The average molecular weight is 335 g/mol. The zero-order chi connectivity index (χ0) is 17.2. The molecule has 1 aromatic carbocycles. The lowest BCUT2D eigenvalue weighted by molar-refractivity contribution is 0.198. The summed E-state index contributed by atoms with van der Waals surface area (Å²) in [6, 6.07) is 5.99. The Balaban J connectivity index is 2.02. The first-order valence-corrected chi connectivity index (χ1v) is 8.54. The van der Waals surface area contributed by atoms with Crippen LogP contribution in [0.1, 0.15) is 31.2 Å². The predicted molar refractivity (Wildman–Crippen MR) is 96.0 cm³/mol. The van der Waals surface area contributed by atoms with Crippen LogP contribution in [-0.2, 0) is 11.3 Å². The van der Waals surface area contributed by atoms with Crippen molar-refractivity contribution in [2.45, 2.75) is 38.3 Å². The number of benzene rings is 1. The SMILES string of the molecule is CN=C(NCCOC)NCc1cccc(OC)c1OC1CCCC1. The highest BCUT2D eigenvalue weighted by molar-refractivity contribution is 5.79. The second kappa shape index (κ2) is 10.0. The summed E-state index contributed by atoms with van der Waals surface area (Å²) in [6.07, 6.45) is 5.00. The fraction of sp³-hybridized carbons (Fsp3) is 0.611. The second-order valence-electron chi connectivity index (χ2n) is 5.82. The molecule has 2 N–H and O–H groups in total. The molecule has 0 radical (unpaired) electrons. The minimum absolute atomic E-state index is 0.291. The molecule has 1 saturated carbocycles. The van der Waals surface area contributed by atoms with Crippen LogP contribution >= 0.6 is 0 Å². The number of hydrogen-bond donors (Lipinski definition) is 2. The Morgan fingerprint density at radius 3 is 2.67 bits per heavy atom. The van der Waals surface area contributed by atoms with Crippen LogP contribution < -0.4 is 20.1 Å². The Kier molecular flexibility index (Phi) is 7.68. The van der Waals surface area contributed by atoms with Gasteiger partial charge in [0.2, 0.25) is 0 Å². The number of ether oxygens (including phenoxy) is 3. The molecule has 6 nitrogen and oxygen atoms in total. The Morgan fingerprint density at radius 2 is 2.00 bits per heavy atom. The average Bonchev–Trinajstić information content (AvgIpc) is 3.12. The maximum Gasteiger partial charge on any atom is 0.191 e. The summed E-state index contributed by atoms with van der Waals surface area (Å²) in [7, 11) is 5.11. The number of nitrogens with zero attached hydrogens (tertiary/aromatic N) is 1. The largest absolute Gasteiger partial charge is 0.493 e. The van der Waals surface area contributed by atoms with E-state index in [0.717, 1.165) is 35.9 Å². The summed E-state index contributed by atoms with van der Waals surface area (Å²) in [6.45, 7) is 1.96. The molecule has 2 rings (SSSR count). The van der Waals surface area contributed by atoms with Gasteiger partial charge < -0.3 is 24.8 Å². The summed E-state index contributed by atoms with van der Waals surface area (Å²) >= 11 is 0. The lowest BCUT2D eigenvalue weighted by Gasteiger charge is -2.20. The zero-order valence-electron chi connectivity index (χ0n) is 14.9. The van der Waals surface area contributed by atoms with Crippen molar-refractivity contribution in [3.63, 3.8) is 0 Å². The molecular weight excluding hydrogens is 306 g/mol. The van der Waals surface area contributed by atoms with E-state index in [1.807, 2.05) is 12.1 Å². The van der Waals surface area contributed by atoms with E-state index in [0.29, 0.717) is 25.8 Å². The first-order chi connectivity index (χ1) is 11.8. The minimum atomic E-state index is 0.291. The van der Waals surface area contributed by atoms with E-state index in [1.54, 1.807) is 21.3 Å². The molecule has 1 aliphatic rings. The van der Waals surface area contributed by atoms with Gasteiger partial charge in [0, 0.05) is 32.8 Å². The Morgan fingerprint density at radius 1 is 1.21 bits per heavy atom. The van der Waals surface area contributed by atoms with E-state index in [2.05, 4.69) is 21.7 Å². The Labute approximate surface area is 144 Å². The van der Waals surface area contributed by atoms with Crippen molar-refractivity contribution in [1.29, 1.82) is 0 Å². The number of para-hydroxylation sites is 1. The van der Waals surface area contributed by atoms with Gasteiger partial charge in [0.05, 0.1) is 19.8 Å². The molecule has 1 fully saturated rings. The fourth-order valence-electron chi connectivity index (χ4n) is 2.84. The van der Waals surface area contributed by atoms with Crippen molar-refractivity contribution in [3.8, 4) is 11.5 Å². The third kappa shape index (κ3) is 5.30. The number of aliphatic imine (C=N–C) groups is 1. The fourth-order valence-corrected chi connectivity index (χ4v) is 2.84. The normalized spacial score (nSPS) is 15.4. The maximum atomic E-state index is 6.25. The predicted octanol–water partition coefficient (Wildman–Crippen LogP) is 2.33. The van der Waals surface area contributed by atoms with Crippen molar-refractivity contribution < 1.29 is 14.2 Å². The summed E-state index contributed by atoms with van der Waals surface area (Å²) in [5.41, 5.74) is 1.07. The molecule has 6 heteroatoms. The van der Waals surface area contributed by atoms with Crippen LogP contribution in [0.25, 0.3) is 0 Å². The van der Waals surface area contributed by atoms with Gasteiger partial charge in [-0.3, -0.25) is 4.99 Å². The lowest BCUT2D eigenvalue weighted by atomic mass is 10.1. The number of nitrogens with one attached hydrogen (secondary N) is 2. The lowest BCUT2D eigenvalue weighted by Crippen LogP contribution is -2.38. The van der Waals surface area contributed by atoms with E-state index in [4.69, 9.17) is 14.2 Å². The van der Waals surface area contributed by atoms with Gasteiger partial charge in [-0.2, -0.15) is 0 Å². The number of hydrogen-bond acceptors (Lipinski definition) is 4. The molecule has 0 unspecified atom stereocenters. The molecule has 0 saturated heterocycles. The van der Waals surface area contributed by atoms with Gasteiger partial charge in [-0.15, -0.1) is 0 Å². The van der Waals surface area contributed by atoms with E-state index in [9.17, 15) is 0 Å². The summed E-state index contributed by atoms with van der Waals surface area (Å²) in [5.74, 6) is 2.36. The third-order valence-electron chi connectivity index (χ3n) is 4.14. The molecule has 0 aliphatic heterocycles. The number of rotatable bonds is 8. The molecule has 1 aromatic rings. The van der Waals surface area contributed by atoms with E-state index >= 15 is 0 Å². The number of methoxy groups -OCH3 is 2. The highest BCUT2D eigenvalue weighted by Gasteiger charge is 2.20. The van der Waals surface area contributed by atoms with Crippen LogP contribution in [0.4, 0.5) is 0 Å². The standard InChI is InChI=1S/C18H29N3O3/c1-19-18(20-11-12-22-2)21-13-14-7-6-10-16(23-3)17(14)24-15-8-4-5-9-15/h6-7,10,15H,4-5,8-9,11-13H2,1-3H3,(H2,19,20,21). The van der Waals surface area contributed by atoms with Crippen LogP contribution in [0.5, 0.6) is 11.5 Å². The van der Waals surface area contributed by atoms with E-state index < -0.39 is 0 Å². The van der Waals surface area contributed by atoms with Crippen LogP contribution in [-0.4, -0.2) is 46.5 Å². The summed E-state index contributed by atoms with van der Waals surface area (Å²) in [5, 5.41) is 6.51. The molecular formula is C18H29N3O3. The van der Waals surface area contributed by atoms with E-state index in [-0.39, 0.29) is 0 Å². The van der Waals surface area contributed by atoms with Gasteiger partial charge in [0.15, 0.2) is 17.5 Å². The van der Waals surface area contributed by atoms with Crippen molar-refractivity contribution in [3.05, 3.63) is 23.8 Å². The van der Waals surface area contributed by atoms with Gasteiger partial charge in [-0.25, -0.2) is 0 Å². The highest BCUT2D eigenvalue weighted by atomic mass is 16.5. The smallest absolute Gasteiger partial charge is 0.191 e. The van der Waals surface area contributed by atoms with E-state index in [1.165, 1.54) is 12.8 Å². The molecule has 134 valence electrons. The first-order valence-electron chi connectivity index (χ1n) is 8.54. The molecule has 0 aromatic heterocycles. The zero-order valence-corrected chi connectivity index (χ0v) is 14.9. The topological polar surface area (TPSA) is 64.1 Å². The monoisotopic (exact) mass is 335 g/mol. The van der Waals surface area contributed by atoms with Crippen LogP contribution in [0.15, 0.2) is 23.2 Å². The molecule has 0 bridgehead atoms. The van der Waals surface area contributed by atoms with Gasteiger partial charge >= 0.3 is 0 Å². The van der Waals surface area contributed by atoms with Crippen LogP contribution in [0, 0.1) is 0 Å². The van der Waals surface area contributed by atoms with Crippen molar-refractivity contribution in [2.75, 3.05) is 34.4 Å². The Hall–Kier alpha value is -1.95. The van der Waals surface area contributed by atoms with Crippen LogP contribution in [0.3, 0.4) is 0 Å². The summed E-state index contributed by atoms with van der Waals surface area (Å²) < 4.78 is 16.8. The van der Waals surface area contributed by atoms with Gasteiger partial charge in [-0.05, 0) is 31.7 Å². The van der Waals surface area contributed by atoms with Gasteiger partial charge in [0.25, 0.3) is 0 Å². The van der Waals surface area contributed by atoms with Gasteiger partial charge in [0.1, 0.15) is 0 Å². The van der Waals surface area contributed by atoms with Crippen molar-refractivity contribution in [1.82, 2.24) is 10.6 Å². The van der Waals surface area contributed by atoms with Crippen molar-refractivity contribution >= 4 is 5.96 Å². The molecule has 0 spiro atoms. The molecule has 0 amide bonds. The third-order valence-corrected chi connectivity index (χ3v) is 4.14.